The molecule has 4 heteroatoms. The Morgan fingerprint density at radius 3 is 2.84 bits per heavy atom. The highest BCUT2D eigenvalue weighted by Gasteiger charge is 2.25. The smallest absolute Gasteiger partial charge is 0.137 e. The van der Waals surface area contributed by atoms with Crippen LogP contribution in [0.3, 0.4) is 0 Å². The number of rotatable bonds is 2. The molecule has 1 saturated heterocycles. The summed E-state index contributed by atoms with van der Waals surface area (Å²) in [7, 11) is 2.01. The summed E-state index contributed by atoms with van der Waals surface area (Å²) in [5, 5.41) is 8.20. The third kappa shape index (κ3) is 2.21. The van der Waals surface area contributed by atoms with Crippen molar-refractivity contribution in [2.24, 2.45) is 7.05 Å². The van der Waals surface area contributed by atoms with Crippen molar-refractivity contribution in [1.82, 2.24) is 15.1 Å². The second-order valence-electron chi connectivity index (χ2n) is 5.42. The Hall–Kier alpha value is -1.55. The lowest BCUT2D eigenvalue weighted by Gasteiger charge is -2.21. The molecule has 0 saturated carbocycles. The van der Waals surface area contributed by atoms with E-state index in [2.05, 4.69) is 18.3 Å². The highest BCUT2D eigenvalue weighted by molar-refractivity contribution is 5.64. The molecule has 3 heterocycles. The Bertz CT molecular complexity index is 576. The molecule has 1 N–H and O–H groups in total. The molecule has 1 atom stereocenters. The summed E-state index contributed by atoms with van der Waals surface area (Å²) in [5.74, 6) is 2.39. The monoisotopic (exact) mass is 259 g/mol. The fourth-order valence-electron chi connectivity index (χ4n) is 2.88. The Balaban J connectivity index is 2.06. The quantitative estimate of drug-likeness (QED) is 0.901. The average molecular weight is 259 g/mol. The molecule has 4 nitrogen and oxygen atoms in total. The number of aromatic nitrogens is 2. The van der Waals surface area contributed by atoms with Crippen molar-refractivity contribution in [2.45, 2.75) is 32.6 Å². The molecule has 0 radical (unpaired) electrons. The van der Waals surface area contributed by atoms with Crippen molar-refractivity contribution in [1.29, 1.82) is 0 Å². The van der Waals surface area contributed by atoms with E-state index in [0.717, 1.165) is 24.6 Å². The second kappa shape index (κ2) is 4.85. The van der Waals surface area contributed by atoms with E-state index in [0.29, 0.717) is 5.92 Å². The first-order valence-electron chi connectivity index (χ1n) is 6.98. The van der Waals surface area contributed by atoms with Crippen LogP contribution in [-0.2, 0) is 7.05 Å². The molecule has 0 spiro atoms. The minimum Gasteiger partial charge on any atom is -0.461 e. The van der Waals surface area contributed by atoms with Crippen LogP contribution in [0.25, 0.3) is 11.3 Å². The van der Waals surface area contributed by atoms with Gasteiger partial charge >= 0.3 is 0 Å². The number of furan rings is 1. The minimum atomic E-state index is 0.494. The molecule has 1 unspecified atom stereocenters. The molecule has 0 amide bonds. The predicted molar refractivity (Wildman–Crippen MR) is 75.2 cm³/mol. The lowest BCUT2D eigenvalue weighted by molar-refractivity contribution is 0.451. The third-order valence-corrected chi connectivity index (χ3v) is 4.03. The Kier molecular flexibility index (Phi) is 3.19. The zero-order chi connectivity index (χ0) is 13.4. The van der Waals surface area contributed by atoms with Gasteiger partial charge in [-0.3, -0.25) is 4.68 Å². The van der Waals surface area contributed by atoms with Gasteiger partial charge in [-0.15, -0.1) is 0 Å². The molecule has 3 rings (SSSR count). The first-order chi connectivity index (χ1) is 9.16. The largest absolute Gasteiger partial charge is 0.461 e. The lowest BCUT2D eigenvalue weighted by atomic mass is 9.92. The van der Waals surface area contributed by atoms with Gasteiger partial charge in [-0.05, 0) is 45.4 Å². The van der Waals surface area contributed by atoms with Crippen molar-refractivity contribution in [3.63, 3.8) is 0 Å². The van der Waals surface area contributed by atoms with E-state index in [9.17, 15) is 0 Å². The van der Waals surface area contributed by atoms with Crippen LogP contribution in [-0.4, -0.2) is 22.9 Å². The molecular formula is C15H21N3O. The highest BCUT2D eigenvalue weighted by Crippen LogP contribution is 2.35. The summed E-state index contributed by atoms with van der Waals surface area (Å²) in [6.07, 6.45) is 2.42. The number of nitrogens with zero attached hydrogens (tertiary/aromatic N) is 2. The van der Waals surface area contributed by atoms with Crippen molar-refractivity contribution < 1.29 is 4.42 Å². The average Bonchev–Trinajstić information content (AvgIpc) is 2.96. The van der Waals surface area contributed by atoms with Gasteiger partial charge in [0.15, 0.2) is 0 Å². The maximum absolute atomic E-state index is 5.82. The molecule has 1 aliphatic rings. The van der Waals surface area contributed by atoms with E-state index < -0.39 is 0 Å². The maximum Gasteiger partial charge on any atom is 0.137 e. The molecule has 0 bridgehead atoms. The molecular weight excluding hydrogens is 238 g/mol. The van der Waals surface area contributed by atoms with E-state index in [4.69, 9.17) is 9.52 Å². The van der Waals surface area contributed by atoms with Gasteiger partial charge in [0, 0.05) is 25.2 Å². The number of aryl methyl sites for hydroxylation is 2. The van der Waals surface area contributed by atoms with Crippen LogP contribution in [0.4, 0.5) is 0 Å². The fourth-order valence-corrected chi connectivity index (χ4v) is 2.88. The van der Waals surface area contributed by atoms with Crippen LogP contribution < -0.4 is 5.32 Å². The van der Waals surface area contributed by atoms with E-state index in [1.807, 2.05) is 24.7 Å². The van der Waals surface area contributed by atoms with Gasteiger partial charge in [-0.1, -0.05) is 0 Å². The minimum absolute atomic E-state index is 0.494. The van der Waals surface area contributed by atoms with Crippen LogP contribution in [0.15, 0.2) is 16.5 Å². The predicted octanol–water partition coefficient (Wildman–Crippen LogP) is 2.76. The highest BCUT2D eigenvalue weighted by atomic mass is 16.3. The Morgan fingerprint density at radius 2 is 2.21 bits per heavy atom. The summed E-state index contributed by atoms with van der Waals surface area (Å²) in [6, 6.07) is 4.07. The molecule has 0 aliphatic carbocycles. The molecule has 102 valence electrons. The molecule has 1 fully saturated rings. The third-order valence-electron chi connectivity index (χ3n) is 4.03. The topological polar surface area (TPSA) is 43.0 Å². The van der Waals surface area contributed by atoms with E-state index in [-0.39, 0.29) is 0 Å². The summed E-state index contributed by atoms with van der Waals surface area (Å²) in [5.41, 5.74) is 3.54. The van der Waals surface area contributed by atoms with Crippen molar-refractivity contribution in [2.75, 3.05) is 13.1 Å². The first-order valence-corrected chi connectivity index (χ1v) is 6.98. The number of nitrogens with one attached hydrogen (secondary N) is 1. The van der Waals surface area contributed by atoms with E-state index >= 15 is 0 Å². The standard InChI is InChI=1S/C15H21N3O/c1-10-6-7-13(19-10)14-11(2)18(3)17-15(14)12-5-4-8-16-9-12/h6-7,12,16H,4-5,8-9H2,1-3H3. The second-order valence-corrected chi connectivity index (χ2v) is 5.42. The van der Waals surface area contributed by atoms with Gasteiger partial charge in [-0.2, -0.15) is 5.10 Å². The van der Waals surface area contributed by atoms with Gasteiger partial charge in [0.05, 0.1) is 11.3 Å². The van der Waals surface area contributed by atoms with Gasteiger partial charge in [0.25, 0.3) is 0 Å². The van der Waals surface area contributed by atoms with Crippen LogP contribution >= 0.6 is 0 Å². The zero-order valence-corrected chi connectivity index (χ0v) is 11.9. The van der Waals surface area contributed by atoms with E-state index in [1.54, 1.807) is 0 Å². The number of hydrogen-bond acceptors (Lipinski definition) is 3. The van der Waals surface area contributed by atoms with Crippen molar-refractivity contribution >= 4 is 0 Å². The van der Waals surface area contributed by atoms with Gasteiger partial charge in [0.1, 0.15) is 11.5 Å². The summed E-state index contributed by atoms with van der Waals surface area (Å²) in [6.45, 7) is 6.23. The summed E-state index contributed by atoms with van der Waals surface area (Å²) in [4.78, 5) is 0. The van der Waals surface area contributed by atoms with Crippen LogP contribution in [0.2, 0.25) is 0 Å². The van der Waals surface area contributed by atoms with Crippen molar-refractivity contribution in [3.8, 4) is 11.3 Å². The normalized spacial score (nSPS) is 19.8. The van der Waals surface area contributed by atoms with Crippen LogP contribution in [0.5, 0.6) is 0 Å². The summed E-state index contributed by atoms with van der Waals surface area (Å²) >= 11 is 0. The Morgan fingerprint density at radius 1 is 1.37 bits per heavy atom. The van der Waals surface area contributed by atoms with Crippen LogP contribution in [0.1, 0.15) is 35.9 Å². The van der Waals surface area contributed by atoms with Gasteiger partial charge < -0.3 is 9.73 Å². The molecule has 2 aromatic heterocycles. The van der Waals surface area contributed by atoms with Crippen molar-refractivity contribution in [3.05, 3.63) is 29.3 Å². The zero-order valence-electron chi connectivity index (χ0n) is 11.9. The molecule has 2 aromatic rings. The first kappa shape index (κ1) is 12.5. The Labute approximate surface area is 113 Å². The molecule has 19 heavy (non-hydrogen) atoms. The van der Waals surface area contributed by atoms with Gasteiger partial charge in [0.2, 0.25) is 0 Å². The number of hydrogen-bond donors (Lipinski definition) is 1. The lowest BCUT2D eigenvalue weighted by Crippen LogP contribution is -2.28. The van der Waals surface area contributed by atoms with Gasteiger partial charge in [-0.25, -0.2) is 0 Å². The number of piperidine rings is 1. The molecule has 0 aromatic carbocycles. The van der Waals surface area contributed by atoms with Crippen LogP contribution in [0, 0.1) is 13.8 Å². The van der Waals surface area contributed by atoms with E-state index in [1.165, 1.54) is 29.8 Å². The summed E-state index contributed by atoms with van der Waals surface area (Å²) < 4.78 is 7.79. The SMILES string of the molecule is Cc1ccc(-c2c(C3CCCNC3)nn(C)c2C)o1. The fraction of sp³-hybridized carbons (Fsp3) is 0.533. The molecule has 1 aliphatic heterocycles. The maximum atomic E-state index is 5.82.